The maximum Gasteiger partial charge on any atom is 0.345 e. The van der Waals surface area contributed by atoms with Crippen LogP contribution in [0, 0.1) is 13.8 Å². The molecule has 0 saturated carbocycles. The monoisotopic (exact) mass is 1050 g/mol. The molecule has 4 N–H and O–H groups in total. The lowest BCUT2D eigenvalue weighted by Crippen LogP contribution is -2.40. The van der Waals surface area contributed by atoms with E-state index in [0.29, 0.717) is 100 Å². The van der Waals surface area contributed by atoms with Gasteiger partial charge in [-0.3, -0.25) is 9.35 Å². The molecule has 74 heavy (non-hydrogen) atoms. The number of aromatic hydroxyl groups is 2. The van der Waals surface area contributed by atoms with E-state index in [1.54, 1.807) is 76.6 Å². The van der Waals surface area contributed by atoms with Crippen molar-refractivity contribution in [3.8, 4) is 29.0 Å². The molecule has 0 fully saturated rings. The van der Waals surface area contributed by atoms with E-state index in [0.717, 1.165) is 0 Å². The maximum atomic E-state index is 15.1. The molecule has 2 atom stereocenters. The topological polar surface area (TPSA) is 241 Å². The van der Waals surface area contributed by atoms with E-state index < -0.39 is 56.4 Å². The van der Waals surface area contributed by atoms with Crippen LogP contribution in [0.15, 0.2) is 60.7 Å². The number of unbranched alkanes of at least 4 members (excludes halogenated alkanes) is 2. The van der Waals surface area contributed by atoms with Crippen molar-refractivity contribution >= 4 is 49.8 Å². The van der Waals surface area contributed by atoms with E-state index in [4.69, 9.17) is 38.0 Å². The molecule has 19 nitrogen and oxygen atoms in total. The molecule has 5 rings (SSSR count). The minimum absolute atomic E-state index is 0.0316. The first-order valence-electron chi connectivity index (χ1n) is 24.7. The molecule has 1 amide bonds. The van der Waals surface area contributed by atoms with Gasteiger partial charge in [-0.05, 0) is 122 Å². The Kier molecular flexibility index (Phi) is 20.3. The van der Waals surface area contributed by atoms with Gasteiger partial charge in [0.2, 0.25) is 22.8 Å². The number of carbonyl (C=O) groups is 3. The smallest absolute Gasteiger partial charge is 0.345 e. The van der Waals surface area contributed by atoms with Crippen molar-refractivity contribution in [3.63, 3.8) is 0 Å². The molecule has 406 valence electrons. The first-order chi connectivity index (χ1) is 34.8. The maximum absolute atomic E-state index is 15.1. The summed E-state index contributed by atoms with van der Waals surface area (Å²) in [7, 11) is -1.09. The third kappa shape index (κ3) is 16.5. The number of fused-ring (bicyclic) bond motifs is 2. The molecule has 2 heterocycles. The highest BCUT2D eigenvalue weighted by atomic mass is 32.2. The van der Waals surface area contributed by atoms with E-state index in [1.165, 1.54) is 12.1 Å². The van der Waals surface area contributed by atoms with E-state index in [-0.39, 0.29) is 55.9 Å². The van der Waals surface area contributed by atoms with Crippen molar-refractivity contribution in [1.29, 1.82) is 0 Å². The van der Waals surface area contributed by atoms with Crippen LogP contribution in [0.25, 0.3) is 21.8 Å². The van der Waals surface area contributed by atoms with Gasteiger partial charge in [0.1, 0.15) is 28.5 Å². The quantitative estimate of drug-likeness (QED) is 0.00894. The van der Waals surface area contributed by atoms with Gasteiger partial charge < -0.3 is 53.5 Å². The number of carbonyl (C=O) groups excluding carboxylic acids is 3. The Balaban J connectivity index is 1.50. The lowest BCUT2D eigenvalue weighted by Gasteiger charge is -2.32. The average Bonchev–Trinajstić information content (AvgIpc) is 3.64. The van der Waals surface area contributed by atoms with Crippen LogP contribution in [-0.2, 0) is 40.4 Å². The van der Waals surface area contributed by atoms with Crippen molar-refractivity contribution < 1.29 is 80.1 Å². The Labute approximate surface area is 433 Å². The van der Waals surface area contributed by atoms with Crippen molar-refractivity contribution in [3.05, 3.63) is 82.9 Å². The molecule has 0 saturated heterocycles. The third-order valence-corrected chi connectivity index (χ3v) is 13.1. The summed E-state index contributed by atoms with van der Waals surface area (Å²) in [4.78, 5) is 45.7. The number of aryl methyl sites for hydroxylation is 3. The normalized spacial score (nSPS) is 13.4. The van der Waals surface area contributed by atoms with Gasteiger partial charge in [0.05, 0.1) is 60.2 Å². The average molecular weight is 1050 g/mol. The number of rotatable bonds is 29. The summed E-state index contributed by atoms with van der Waals surface area (Å²) in [5.74, 6) is -1.96. The number of esters is 1. The SMILES string of the molecule is CCC(C)(COCC(C)OC)Oc1ccc2c(c1)c(C(=O)Oc1c(C)cc(C(=O)NCCCCCC(=O)On3c(O)ccc3O)cc1C)c1cc(OC(C)(C)COC(C)(C)COC)ccc1[n+]2CCCS(=O)(=O)O. The summed E-state index contributed by atoms with van der Waals surface area (Å²) in [6.45, 7) is 18.5. The van der Waals surface area contributed by atoms with Gasteiger partial charge in [0.25, 0.3) is 16.0 Å². The van der Waals surface area contributed by atoms with Gasteiger partial charge >= 0.3 is 11.9 Å². The molecule has 2 unspecified atom stereocenters. The molecular formula is C54H74N3O16S+. The summed E-state index contributed by atoms with van der Waals surface area (Å²) in [5, 5.41) is 23.1. The number of ether oxygens (including phenoxy) is 7. The summed E-state index contributed by atoms with van der Waals surface area (Å²) < 4.78 is 78.7. The van der Waals surface area contributed by atoms with Crippen molar-refractivity contribution in [2.24, 2.45) is 0 Å². The molecule has 0 aliphatic carbocycles. The second-order valence-corrected chi connectivity index (χ2v) is 21.6. The molecule has 0 bridgehead atoms. The fourth-order valence-electron chi connectivity index (χ4n) is 8.18. The van der Waals surface area contributed by atoms with Crippen LogP contribution < -0.4 is 28.9 Å². The first kappa shape index (κ1) is 58.9. The third-order valence-electron chi connectivity index (χ3n) is 12.3. The fraction of sp³-hybridized carbons (Fsp3) is 0.519. The molecule has 0 spiro atoms. The number of amides is 1. The minimum atomic E-state index is -4.30. The van der Waals surface area contributed by atoms with E-state index >= 15 is 4.79 Å². The van der Waals surface area contributed by atoms with Crippen molar-refractivity contribution in [2.75, 3.05) is 52.9 Å². The molecule has 2 aromatic heterocycles. The molecular weight excluding hydrogens is 979 g/mol. The second kappa shape index (κ2) is 25.5. The predicted octanol–water partition coefficient (Wildman–Crippen LogP) is 7.75. The van der Waals surface area contributed by atoms with Gasteiger partial charge in [0.15, 0.2) is 6.54 Å². The molecule has 5 aromatic rings. The number of aromatic nitrogens is 2. The Hall–Kier alpha value is -6.03. The standard InChI is InChI=1S/C54H73N3O16S/c1-12-54(9,34-68-31-37(4)67-11)72-40-19-21-44-42(30-40)48(41-29-39(71-53(7,8)33-69-52(5,6)32-66-10)18-20-43(41)56(44)25-16-26-74(63,64)65)51(62)70-49-35(2)27-38(28-36(49)3)50(61)55-24-15-13-14-17-47(60)73-57-45(58)22-23-46(57)59/h18-23,27-30,37H,12-17,24-26,31-34H2,1-11H3,(H3,55,61,62,63,64,65)/p+1. The number of pyridine rings is 1. The van der Waals surface area contributed by atoms with E-state index in [9.17, 15) is 32.8 Å². The minimum Gasteiger partial charge on any atom is -0.492 e. The molecule has 3 aromatic carbocycles. The van der Waals surface area contributed by atoms with Crippen LogP contribution in [0.3, 0.4) is 0 Å². The number of nitrogens with one attached hydrogen (secondary N) is 1. The highest BCUT2D eigenvalue weighted by Crippen LogP contribution is 2.35. The first-order valence-corrected chi connectivity index (χ1v) is 26.3. The summed E-state index contributed by atoms with van der Waals surface area (Å²) in [6, 6.07) is 16.3. The highest BCUT2D eigenvalue weighted by Gasteiger charge is 2.32. The van der Waals surface area contributed by atoms with Crippen LogP contribution in [-0.4, -0.2) is 122 Å². The molecule has 0 aliphatic heterocycles. The zero-order chi connectivity index (χ0) is 54.6. The predicted molar refractivity (Wildman–Crippen MR) is 277 cm³/mol. The summed E-state index contributed by atoms with van der Waals surface area (Å²) in [6.07, 6.45) is 2.10. The Bertz CT molecular complexity index is 2840. The molecule has 0 radical (unpaired) electrons. The van der Waals surface area contributed by atoms with E-state index in [1.807, 2.05) is 53.0 Å². The number of methoxy groups -OCH3 is 2. The summed E-state index contributed by atoms with van der Waals surface area (Å²) >= 11 is 0. The lowest BCUT2D eigenvalue weighted by molar-refractivity contribution is -0.645. The van der Waals surface area contributed by atoms with Gasteiger partial charge in [-0.2, -0.15) is 13.0 Å². The molecule has 20 heteroatoms. The van der Waals surface area contributed by atoms with Crippen LogP contribution >= 0.6 is 0 Å². The Morgan fingerprint density at radius 3 is 1.96 bits per heavy atom. The fourth-order valence-corrected chi connectivity index (χ4v) is 8.67. The largest absolute Gasteiger partial charge is 0.492 e. The van der Waals surface area contributed by atoms with Crippen molar-refractivity contribution in [2.45, 2.75) is 130 Å². The molecule has 0 aliphatic rings. The number of nitrogens with zero attached hydrogens (tertiary/aromatic N) is 2. The Morgan fingerprint density at radius 2 is 1.39 bits per heavy atom. The summed E-state index contributed by atoms with van der Waals surface area (Å²) in [5.41, 5.74) is 0.366. The number of hydrogen-bond donors (Lipinski definition) is 4. The number of hydrogen-bond acceptors (Lipinski definition) is 15. The van der Waals surface area contributed by atoms with Crippen LogP contribution in [0.4, 0.5) is 0 Å². The zero-order valence-electron chi connectivity index (χ0n) is 44.5. The lowest BCUT2D eigenvalue weighted by atomic mass is 10.00. The zero-order valence-corrected chi connectivity index (χ0v) is 45.3. The van der Waals surface area contributed by atoms with Crippen LogP contribution in [0.5, 0.6) is 29.0 Å². The highest BCUT2D eigenvalue weighted by molar-refractivity contribution is 7.85. The van der Waals surface area contributed by atoms with Crippen molar-refractivity contribution in [1.82, 2.24) is 10.0 Å². The van der Waals surface area contributed by atoms with Gasteiger partial charge in [0, 0.05) is 63.4 Å². The van der Waals surface area contributed by atoms with Gasteiger partial charge in [-0.25, -0.2) is 9.59 Å². The van der Waals surface area contributed by atoms with Crippen LogP contribution in [0.1, 0.15) is 119 Å². The number of benzene rings is 3. The second-order valence-electron chi connectivity index (χ2n) is 20.0. The van der Waals surface area contributed by atoms with Gasteiger partial charge in [-0.15, -0.1) is 4.73 Å². The van der Waals surface area contributed by atoms with Crippen LogP contribution in [0.2, 0.25) is 0 Å². The van der Waals surface area contributed by atoms with Gasteiger partial charge in [-0.1, -0.05) is 13.3 Å². The Morgan fingerprint density at radius 1 is 0.784 bits per heavy atom. The van der Waals surface area contributed by atoms with E-state index in [2.05, 4.69) is 5.32 Å².